The maximum atomic E-state index is 12.2. The summed E-state index contributed by atoms with van der Waals surface area (Å²) in [6.07, 6.45) is 1.16. The van der Waals surface area contributed by atoms with Gasteiger partial charge in [-0.1, -0.05) is 36.0 Å². The number of phenolic OH excluding ortho intramolecular Hbond substituents is 3. The zero-order valence-electron chi connectivity index (χ0n) is 16.0. The lowest BCUT2D eigenvalue weighted by molar-refractivity contribution is 0.0955. The van der Waals surface area contributed by atoms with Crippen molar-refractivity contribution in [2.75, 3.05) is 0 Å². The van der Waals surface area contributed by atoms with E-state index in [0.29, 0.717) is 16.5 Å². The van der Waals surface area contributed by atoms with Crippen molar-refractivity contribution in [3.8, 4) is 17.2 Å². The molecule has 0 bridgehead atoms. The van der Waals surface area contributed by atoms with E-state index in [1.54, 1.807) is 12.1 Å². The topological polar surface area (TPSA) is 128 Å². The quantitative estimate of drug-likeness (QED) is 0.156. The number of aromatic nitrogens is 1. The van der Waals surface area contributed by atoms with E-state index >= 15 is 0 Å². The molecule has 0 spiro atoms. The number of benzene rings is 3. The van der Waals surface area contributed by atoms with E-state index in [0.717, 1.165) is 22.9 Å². The lowest BCUT2D eigenvalue weighted by atomic mass is 10.1. The average molecular weight is 435 g/mol. The number of nitrogens with zero attached hydrogens (tertiary/aromatic N) is 2. The van der Waals surface area contributed by atoms with Crippen LogP contribution in [0, 0.1) is 0 Å². The van der Waals surface area contributed by atoms with Crippen molar-refractivity contribution in [1.29, 1.82) is 0 Å². The minimum absolute atomic E-state index is 0.141. The lowest BCUT2D eigenvalue weighted by Crippen LogP contribution is -2.17. The minimum atomic E-state index is -0.651. The van der Waals surface area contributed by atoms with Crippen LogP contribution in [0.25, 0.3) is 11.1 Å². The van der Waals surface area contributed by atoms with Gasteiger partial charge in [0, 0.05) is 16.9 Å². The summed E-state index contributed by atoms with van der Waals surface area (Å²) in [6.45, 7) is 0. The number of hydrogen-bond acceptors (Lipinski definition) is 8. The van der Waals surface area contributed by atoms with Crippen molar-refractivity contribution in [2.45, 2.75) is 11.0 Å². The Labute approximate surface area is 180 Å². The van der Waals surface area contributed by atoms with E-state index in [1.807, 2.05) is 36.4 Å². The molecule has 8 nitrogen and oxygen atoms in total. The summed E-state index contributed by atoms with van der Waals surface area (Å²) in [4.78, 5) is 16.6. The Kier molecular flexibility index (Phi) is 5.76. The van der Waals surface area contributed by atoms with Gasteiger partial charge in [-0.2, -0.15) is 5.10 Å². The lowest BCUT2D eigenvalue weighted by Gasteiger charge is -2.04. The second kappa shape index (κ2) is 8.80. The summed E-state index contributed by atoms with van der Waals surface area (Å²) < 4.78 is 5.68. The van der Waals surface area contributed by atoms with E-state index in [4.69, 9.17) is 4.42 Å². The van der Waals surface area contributed by atoms with Gasteiger partial charge in [-0.25, -0.2) is 10.4 Å². The van der Waals surface area contributed by atoms with Crippen LogP contribution in [0.1, 0.15) is 21.5 Å². The van der Waals surface area contributed by atoms with Crippen molar-refractivity contribution < 1.29 is 24.5 Å². The predicted molar refractivity (Wildman–Crippen MR) is 117 cm³/mol. The Morgan fingerprint density at radius 3 is 2.58 bits per heavy atom. The number of carbonyl (C=O) groups is 1. The van der Waals surface area contributed by atoms with Crippen molar-refractivity contribution in [3.05, 3.63) is 77.4 Å². The molecule has 0 atom stereocenters. The summed E-state index contributed by atoms with van der Waals surface area (Å²) in [5.41, 5.74) is 5.45. The maximum absolute atomic E-state index is 12.2. The van der Waals surface area contributed by atoms with Crippen LogP contribution in [0.2, 0.25) is 0 Å². The van der Waals surface area contributed by atoms with Crippen LogP contribution < -0.4 is 5.43 Å². The smallest absolute Gasteiger partial charge is 0.271 e. The molecule has 1 aromatic heterocycles. The zero-order chi connectivity index (χ0) is 21.8. The number of fused-ring (bicyclic) bond motifs is 1. The number of phenols is 3. The highest BCUT2D eigenvalue weighted by Crippen LogP contribution is 2.36. The number of hydrazone groups is 1. The minimum Gasteiger partial charge on any atom is -0.504 e. The molecule has 4 N–H and O–H groups in total. The fourth-order valence-electron chi connectivity index (χ4n) is 2.72. The molecule has 0 aliphatic heterocycles. The Morgan fingerprint density at radius 2 is 1.81 bits per heavy atom. The van der Waals surface area contributed by atoms with Gasteiger partial charge in [-0.05, 0) is 42.0 Å². The number of rotatable bonds is 6. The summed E-state index contributed by atoms with van der Waals surface area (Å²) >= 11 is 1.46. The highest BCUT2D eigenvalue weighted by Gasteiger charge is 2.10. The van der Waals surface area contributed by atoms with E-state index in [9.17, 15) is 20.1 Å². The van der Waals surface area contributed by atoms with Gasteiger partial charge in [0.25, 0.3) is 11.1 Å². The highest BCUT2D eigenvalue weighted by molar-refractivity contribution is 7.98. The van der Waals surface area contributed by atoms with Gasteiger partial charge >= 0.3 is 0 Å². The first-order valence-corrected chi connectivity index (χ1v) is 10.1. The molecule has 3 aromatic carbocycles. The molecule has 0 saturated carbocycles. The standard InChI is InChI=1S/C22H17N3O5S/c26-17-10-9-15(19(27)20(17)28)11-23-25-21(29)14-7-5-13(6-8-14)12-31-22-24-16-3-1-2-4-18(16)30-22/h1-11,26-28H,12H2,(H,25,29)/b23-11+. The molecule has 156 valence electrons. The third kappa shape index (κ3) is 4.62. The first-order chi connectivity index (χ1) is 15.0. The normalized spacial score (nSPS) is 11.2. The third-order valence-electron chi connectivity index (χ3n) is 4.38. The summed E-state index contributed by atoms with van der Waals surface area (Å²) in [5, 5.41) is 32.9. The first kappa shape index (κ1) is 20.3. The second-order valence-electron chi connectivity index (χ2n) is 6.50. The molecule has 0 aliphatic carbocycles. The van der Waals surface area contributed by atoms with Crippen molar-refractivity contribution in [2.24, 2.45) is 5.10 Å². The molecule has 0 aliphatic rings. The summed E-state index contributed by atoms with van der Waals surface area (Å²) in [5.74, 6) is -1.43. The molecular weight excluding hydrogens is 418 g/mol. The number of para-hydroxylation sites is 2. The molecule has 0 saturated heterocycles. The van der Waals surface area contributed by atoms with E-state index < -0.39 is 23.2 Å². The van der Waals surface area contributed by atoms with Gasteiger partial charge in [0.05, 0.1) is 6.21 Å². The summed E-state index contributed by atoms with van der Waals surface area (Å²) in [6, 6.07) is 17.1. The van der Waals surface area contributed by atoms with E-state index in [1.165, 1.54) is 23.9 Å². The van der Waals surface area contributed by atoms with Gasteiger partial charge < -0.3 is 19.7 Å². The van der Waals surface area contributed by atoms with Crippen LogP contribution in [0.3, 0.4) is 0 Å². The number of nitrogens with one attached hydrogen (secondary N) is 1. The Hall–Kier alpha value is -3.98. The van der Waals surface area contributed by atoms with Crippen molar-refractivity contribution >= 4 is 35.0 Å². The fraction of sp³-hybridized carbons (Fsp3) is 0.0455. The monoisotopic (exact) mass is 435 g/mol. The zero-order valence-corrected chi connectivity index (χ0v) is 16.8. The number of aromatic hydroxyl groups is 3. The number of thioether (sulfide) groups is 1. The number of carbonyl (C=O) groups excluding carboxylic acids is 1. The van der Waals surface area contributed by atoms with Gasteiger partial charge in [-0.15, -0.1) is 0 Å². The molecule has 4 aromatic rings. The number of oxazole rings is 1. The van der Waals surface area contributed by atoms with Gasteiger partial charge in [0.15, 0.2) is 17.1 Å². The Bertz CT molecular complexity index is 1240. The molecule has 0 radical (unpaired) electrons. The Morgan fingerprint density at radius 1 is 1.03 bits per heavy atom. The van der Waals surface area contributed by atoms with Crippen LogP contribution in [-0.2, 0) is 5.75 Å². The molecule has 4 rings (SSSR count). The predicted octanol–water partition coefficient (Wildman–Crippen LogP) is 4.00. The first-order valence-electron chi connectivity index (χ1n) is 9.16. The van der Waals surface area contributed by atoms with Crippen LogP contribution >= 0.6 is 11.8 Å². The van der Waals surface area contributed by atoms with E-state index in [2.05, 4.69) is 15.5 Å². The van der Waals surface area contributed by atoms with E-state index in [-0.39, 0.29) is 5.56 Å². The van der Waals surface area contributed by atoms with Crippen LogP contribution in [-0.4, -0.2) is 32.4 Å². The third-order valence-corrected chi connectivity index (χ3v) is 5.28. The highest BCUT2D eigenvalue weighted by atomic mass is 32.2. The molecular formula is C22H17N3O5S. The van der Waals surface area contributed by atoms with Crippen molar-refractivity contribution in [1.82, 2.24) is 10.4 Å². The molecule has 0 fully saturated rings. The van der Waals surface area contributed by atoms with Gasteiger partial charge in [0.1, 0.15) is 5.52 Å². The van der Waals surface area contributed by atoms with Crippen LogP contribution in [0.15, 0.2) is 75.4 Å². The molecule has 0 unspecified atom stereocenters. The van der Waals surface area contributed by atoms with Crippen LogP contribution in [0.4, 0.5) is 0 Å². The number of hydrogen-bond donors (Lipinski definition) is 4. The fourth-order valence-corrected chi connectivity index (χ4v) is 3.52. The Balaban J connectivity index is 1.34. The second-order valence-corrected chi connectivity index (χ2v) is 7.43. The maximum Gasteiger partial charge on any atom is 0.271 e. The molecule has 1 amide bonds. The number of amides is 1. The molecule has 9 heteroatoms. The summed E-state index contributed by atoms with van der Waals surface area (Å²) in [7, 11) is 0. The molecule has 1 heterocycles. The van der Waals surface area contributed by atoms with Gasteiger partial charge in [0.2, 0.25) is 5.75 Å². The van der Waals surface area contributed by atoms with Crippen molar-refractivity contribution in [3.63, 3.8) is 0 Å². The molecule has 31 heavy (non-hydrogen) atoms. The largest absolute Gasteiger partial charge is 0.504 e. The van der Waals surface area contributed by atoms with Gasteiger partial charge in [-0.3, -0.25) is 4.79 Å². The van der Waals surface area contributed by atoms with Crippen LogP contribution in [0.5, 0.6) is 17.2 Å². The SMILES string of the molecule is O=C(N/N=C/c1ccc(O)c(O)c1O)c1ccc(CSc2nc3ccccc3o2)cc1. The average Bonchev–Trinajstić information content (AvgIpc) is 3.21.